The van der Waals surface area contributed by atoms with Crippen molar-refractivity contribution in [2.24, 2.45) is 5.92 Å². The number of nitrogens with zero attached hydrogens (tertiary/aromatic N) is 2. The molecule has 0 saturated carbocycles. The van der Waals surface area contributed by atoms with Crippen LogP contribution in [0.2, 0.25) is 0 Å². The van der Waals surface area contributed by atoms with Crippen molar-refractivity contribution >= 4 is 23.5 Å². The lowest BCUT2D eigenvalue weighted by atomic mass is 9.90. The van der Waals surface area contributed by atoms with Gasteiger partial charge in [-0.2, -0.15) is 0 Å². The van der Waals surface area contributed by atoms with Gasteiger partial charge in [-0.3, -0.25) is 9.59 Å². The number of morpholine rings is 1. The summed E-state index contributed by atoms with van der Waals surface area (Å²) in [6.45, 7) is 13.4. The van der Waals surface area contributed by atoms with Crippen LogP contribution in [-0.4, -0.2) is 66.3 Å². The van der Waals surface area contributed by atoms with E-state index in [1.54, 1.807) is 0 Å². The van der Waals surface area contributed by atoms with Crippen LogP contribution in [-0.2, 0) is 11.3 Å². The molecule has 45 heavy (non-hydrogen) atoms. The molecule has 0 spiro atoms. The fourth-order valence-corrected chi connectivity index (χ4v) is 7.45. The number of nitrogens with one attached hydrogen (secondary N) is 3. The van der Waals surface area contributed by atoms with Gasteiger partial charge in [0.25, 0.3) is 17.3 Å². The van der Waals surface area contributed by atoms with Crippen LogP contribution in [0.15, 0.2) is 40.2 Å². The minimum atomic E-state index is -0.852. The van der Waals surface area contributed by atoms with Gasteiger partial charge in [-0.1, -0.05) is 0 Å². The number of thioether (sulfide) groups is 1. The van der Waals surface area contributed by atoms with E-state index >= 15 is 0 Å². The molecule has 11 heteroatoms. The summed E-state index contributed by atoms with van der Waals surface area (Å²) >= 11 is 1.49. The van der Waals surface area contributed by atoms with Crippen LogP contribution in [0.3, 0.4) is 0 Å². The molecule has 3 aromatic rings. The summed E-state index contributed by atoms with van der Waals surface area (Å²) in [7, 11) is 0. The topological polar surface area (TPSA) is 118 Å². The predicted octanol–water partition coefficient (Wildman–Crippen LogP) is 4.81. The highest BCUT2D eigenvalue weighted by Crippen LogP contribution is 2.52. The molecule has 1 aromatic carbocycles. The Kier molecular flexibility index (Phi) is 8.87. The Morgan fingerprint density at radius 2 is 1.82 bits per heavy atom. The van der Waals surface area contributed by atoms with Gasteiger partial charge in [-0.25, -0.2) is 4.98 Å². The largest absolute Gasteiger partial charge is 0.448 e. The molecule has 0 bridgehead atoms. The van der Waals surface area contributed by atoms with Crippen molar-refractivity contribution in [2.75, 3.05) is 37.3 Å². The van der Waals surface area contributed by atoms with Crippen molar-refractivity contribution in [1.82, 2.24) is 20.6 Å². The molecule has 2 saturated heterocycles. The van der Waals surface area contributed by atoms with Crippen LogP contribution in [0, 0.1) is 19.8 Å². The van der Waals surface area contributed by atoms with E-state index in [4.69, 9.17) is 19.2 Å². The lowest BCUT2D eigenvalue weighted by Gasteiger charge is -2.36. The molecule has 2 fully saturated rings. The summed E-state index contributed by atoms with van der Waals surface area (Å²) in [5.41, 5.74) is 3.87. The highest BCUT2D eigenvalue weighted by Gasteiger charge is 2.46. The zero-order valence-corrected chi connectivity index (χ0v) is 27.7. The van der Waals surface area contributed by atoms with Crippen LogP contribution >= 0.6 is 11.8 Å². The number of carbonyl (C=O) groups is 1. The molecular formula is C34H43N5O5S. The molecule has 3 aliphatic heterocycles. The SMILES string of the molecule is CSc1cc(C)[nH]c(=O)c1CNC(=O)c1cc(-c2ccc(N3C[C@@H](C)O[C@@H](C)C3)nc2)c2c(c1C)OC(C)(C1CCNCC1)O2. The van der Waals surface area contributed by atoms with Crippen molar-refractivity contribution < 1.29 is 19.0 Å². The van der Waals surface area contributed by atoms with Crippen molar-refractivity contribution in [3.8, 4) is 22.6 Å². The number of aromatic amines is 1. The lowest BCUT2D eigenvalue weighted by molar-refractivity contribution is -0.117. The van der Waals surface area contributed by atoms with Crippen LogP contribution in [0.1, 0.15) is 60.8 Å². The maximum absolute atomic E-state index is 13.8. The van der Waals surface area contributed by atoms with E-state index in [1.807, 2.05) is 57.5 Å². The molecule has 240 valence electrons. The number of H-pyrrole nitrogens is 1. The van der Waals surface area contributed by atoms with E-state index in [9.17, 15) is 9.59 Å². The number of fused-ring (bicyclic) bond motifs is 1. The summed E-state index contributed by atoms with van der Waals surface area (Å²) in [5.74, 6) is 1.15. The van der Waals surface area contributed by atoms with Gasteiger partial charge in [0.15, 0.2) is 11.5 Å². The lowest BCUT2D eigenvalue weighted by Crippen LogP contribution is -2.47. The number of hydrogen-bond acceptors (Lipinski definition) is 9. The smallest absolute Gasteiger partial charge is 0.254 e. The summed E-state index contributed by atoms with van der Waals surface area (Å²) in [5, 5.41) is 6.41. The first-order valence-corrected chi connectivity index (χ1v) is 17.0. The van der Waals surface area contributed by atoms with Gasteiger partial charge in [-0.05, 0) is 84.1 Å². The molecule has 1 amide bonds. The van der Waals surface area contributed by atoms with Gasteiger partial charge in [0.2, 0.25) is 0 Å². The summed E-state index contributed by atoms with van der Waals surface area (Å²) in [6.07, 6.45) is 5.87. The number of pyridine rings is 2. The van der Waals surface area contributed by atoms with Crippen LogP contribution in [0.5, 0.6) is 11.5 Å². The Bertz CT molecular complexity index is 1630. The van der Waals surface area contributed by atoms with Crippen LogP contribution in [0.4, 0.5) is 5.82 Å². The number of rotatable bonds is 7. The molecule has 3 N–H and O–H groups in total. The minimum Gasteiger partial charge on any atom is -0.448 e. The van der Waals surface area contributed by atoms with E-state index in [0.29, 0.717) is 28.2 Å². The third-order valence-corrected chi connectivity index (χ3v) is 9.90. The first-order valence-electron chi connectivity index (χ1n) is 15.7. The Balaban J connectivity index is 1.35. The first kappa shape index (κ1) is 31.4. The Labute approximate surface area is 268 Å². The Morgan fingerprint density at radius 3 is 2.49 bits per heavy atom. The quantitative estimate of drug-likeness (QED) is 0.315. The zero-order valence-electron chi connectivity index (χ0n) is 26.9. The molecule has 3 aliphatic rings. The van der Waals surface area contributed by atoms with Gasteiger partial charge in [-0.15, -0.1) is 11.8 Å². The summed E-state index contributed by atoms with van der Waals surface area (Å²) in [6, 6.07) is 7.83. The first-order chi connectivity index (χ1) is 21.6. The minimum absolute atomic E-state index is 0.104. The molecular weight excluding hydrogens is 590 g/mol. The van der Waals surface area contributed by atoms with Gasteiger partial charge in [0.1, 0.15) is 5.82 Å². The number of aromatic nitrogens is 2. The van der Waals surface area contributed by atoms with Crippen molar-refractivity contribution in [1.29, 1.82) is 0 Å². The molecule has 2 aromatic heterocycles. The highest BCUT2D eigenvalue weighted by atomic mass is 32.2. The fourth-order valence-electron chi connectivity index (χ4n) is 6.74. The van der Waals surface area contributed by atoms with E-state index in [-0.39, 0.29) is 36.1 Å². The average molecular weight is 634 g/mol. The number of aryl methyl sites for hydroxylation is 1. The number of hydrogen-bond donors (Lipinski definition) is 3. The predicted molar refractivity (Wildman–Crippen MR) is 177 cm³/mol. The fraction of sp³-hybridized carbons (Fsp3) is 0.500. The summed E-state index contributed by atoms with van der Waals surface area (Å²) < 4.78 is 19.3. The molecule has 3 atom stereocenters. The highest BCUT2D eigenvalue weighted by molar-refractivity contribution is 7.98. The number of ether oxygens (including phenoxy) is 3. The second-order valence-electron chi connectivity index (χ2n) is 12.6. The zero-order chi connectivity index (χ0) is 31.9. The third-order valence-electron chi connectivity index (χ3n) is 9.10. The van der Waals surface area contributed by atoms with Crippen molar-refractivity contribution in [3.05, 3.63) is 63.2 Å². The van der Waals surface area contributed by atoms with E-state index in [1.165, 1.54) is 11.8 Å². The molecule has 5 heterocycles. The van der Waals surface area contributed by atoms with Crippen LogP contribution in [0.25, 0.3) is 11.1 Å². The third kappa shape index (κ3) is 6.30. The standard InChI is InChI=1S/C34H43N5O5S/c1-19-13-28(45-6)27(33(41)38-19)16-37-32(40)25-14-26(23-7-8-29(36-15-23)39-17-20(2)42-21(3)18-39)31-30(22(25)4)43-34(5,44-31)24-9-11-35-12-10-24/h7-8,13-15,20-21,24,35H,9-12,16-18H2,1-6H3,(H,37,40)(H,38,41)/t20-,21+,34?. The van der Waals surface area contributed by atoms with Gasteiger partial charge in [0.05, 0.1) is 12.2 Å². The van der Waals surface area contributed by atoms with Crippen molar-refractivity contribution in [3.63, 3.8) is 0 Å². The van der Waals surface area contributed by atoms with E-state index in [2.05, 4.69) is 34.4 Å². The normalized spacial score (nSPS) is 23.3. The second kappa shape index (κ2) is 12.7. The van der Waals surface area contributed by atoms with Crippen LogP contribution < -0.4 is 30.6 Å². The number of benzene rings is 1. The molecule has 10 nitrogen and oxygen atoms in total. The monoisotopic (exact) mass is 633 g/mol. The molecule has 1 unspecified atom stereocenters. The maximum Gasteiger partial charge on any atom is 0.254 e. The molecule has 0 radical (unpaired) electrons. The van der Waals surface area contributed by atoms with Gasteiger partial charge >= 0.3 is 0 Å². The second-order valence-corrected chi connectivity index (χ2v) is 13.4. The molecule has 6 rings (SSSR count). The summed E-state index contributed by atoms with van der Waals surface area (Å²) in [4.78, 5) is 37.3. The Morgan fingerprint density at radius 1 is 1.11 bits per heavy atom. The number of amides is 1. The number of anilines is 1. The Hall–Kier alpha value is -3.54. The number of carbonyl (C=O) groups excluding carboxylic acids is 1. The number of piperidine rings is 1. The average Bonchev–Trinajstić information content (AvgIpc) is 3.39. The maximum atomic E-state index is 13.8. The van der Waals surface area contributed by atoms with E-state index < -0.39 is 5.79 Å². The molecule has 0 aliphatic carbocycles. The van der Waals surface area contributed by atoms with Gasteiger partial charge in [0, 0.05) is 77.1 Å². The van der Waals surface area contributed by atoms with Crippen molar-refractivity contribution in [2.45, 2.75) is 76.9 Å². The van der Waals surface area contributed by atoms with Gasteiger partial charge < -0.3 is 34.7 Å². The van der Waals surface area contributed by atoms with E-state index in [0.717, 1.165) is 66.6 Å².